The summed E-state index contributed by atoms with van der Waals surface area (Å²) in [6.07, 6.45) is -50.5. The van der Waals surface area contributed by atoms with Crippen LogP contribution in [0.4, 0.5) is 0 Å². The van der Waals surface area contributed by atoms with Crippen molar-refractivity contribution in [3.8, 4) is 0 Å². The first-order valence-electron chi connectivity index (χ1n) is 24.0. The third kappa shape index (κ3) is 14.8. The molecule has 0 saturated carbocycles. The molecule has 0 aromatic rings. The van der Waals surface area contributed by atoms with Crippen molar-refractivity contribution < 1.29 is 154 Å². The fraction of sp³-hybridized carbons (Fsp3) is 0.929. The maximum atomic E-state index is 12.7. The molecule has 0 aromatic heterocycles. The van der Waals surface area contributed by atoms with Crippen molar-refractivity contribution in [2.45, 2.75) is 199 Å². The predicted molar refractivity (Wildman–Crippen MR) is 236 cm³/mol. The summed E-state index contributed by atoms with van der Waals surface area (Å²) in [5.41, 5.74) is 0. The Morgan fingerprint density at radius 1 is 0.421 bits per heavy atom. The molecule has 34 heteroatoms. The quantitative estimate of drug-likeness (QED) is 0.0452. The molecule has 5 rings (SSSR count). The number of hydrogen-bond acceptors (Lipinski definition) is 31. The highest BCUT2D eigenvalue weighted by atomic mass is 16.8. The molecule has 5 heterocycles. The minimum Gasteiger partial charge on any atom is -0.394 e. The van der Waals surface area contributed by atoms with Crippen molar-refractivity contribution in [2.24, 2.45) is 0 Å². The van der Waals surface area contributed by atoms with Gasteiger partial charge in [0.05, 0.1) is 46.2 Å². The van der Waals surface area contributed by atoms with Crippen LogP contribution in [0.1, 0.15) is 20.8 Å². The van der Waals surface area contributed by atoms with Gasteiger partial charge in [0.2, 0.25) is 17.7 Å². The van der Waals surface area contributed by atoms with Gasteiger partial charge >= 0.3 is 0 Å². The van der Waals surface area contributed by atoms with Gasteiger partial charge in [-0.3, -0.25) is 14.4 Å². The second-order valence-corrected chi connectivity index (χ2v) is 18.8. The molecular formula is C42H73N3O31. The zero-order chi connectivity index (χ0) is 56.6. The van der Waals surface area contributed by atoms with Gasteiger partial charge in [-0.1, -0.05) is 0 Å². The Morgan fingerprint density at radius 3 is 1.29 bits per heavy atom. The molecule has 76 heavy (non-hydrogen) atoms. The maximum absolute atomic E-state index is 12.7. The number of nitrogens with one attached hydrogen (secondary N) is 3. The maximum Gasteiger partial charge on any atom is 0.217 e. The molecule has 29 atom stereocenters. The van der Waals surface area contributed by atoms with Crippen LogP contribution in [0.15, 0.2) is 0 Å². The second-order valence-electron chi connectivity index (χ2n) is 18.8. The van der Waals surface area contributed by atoms with E-state index in [4.69, 9.17) is 47.4 Å². The molecule has 0 aliphatic carbocycles. The summed E-state index contributed by atoms with van der Waals surface area (Å²) >= 11 is 0. The van der Waals surface area contributed by atoms with E-state index in [9.17, 15) is 106 Å². The lowest BCUT2D eigenvalue weighted by molar-refractivity contribution is -0.382. The number of aliphatic hydroxyl groups is 18. The van der Waals surface area contributed by atoms with E-state index in [1.165, 1.54) is 0 Å². The van der Waals surface area contributed by atoms with E-state index in [0.29, 0.717) is 0 Å². The van der Waals surface area contributed by atoms with Gasteiger partial charge in [0.1, 0.15) is 146 Å². The van der Waals surface area contributed by atoms with Gasteiger partial charge in [-0.15, -0.1) is 0 Å². The number of amides is 3. The Hall–Kier alpha value is -2.71. The lowest BCUT2D eigenvalue weighted by atomic mass is 9.94. The standard InChI is InChI=1S/C42H73N3O31/c1-11(52)43-21-28(61)25(58)16(6-48)68-38(21)67-10-20-27(60)37(76-40-23(45-13(3)54)30(63)35(18(8-50)71-40)74-41-32(65)31(64)26(59)17(7-49)69-41)33(66)42(72-20)75-36-19(9-51)70-39(22(29(36)62)44-12(2)53)73-34(15(56)5-47)24(57)14(55)4-46/h14-42,46-51,55-66H,4-10H2,1-3H3,(H,43,52)(H,44,53)(H,45,54)/t14-,15+,16-,17-,18-,19-,20-,21-,22-,23-,24+,25-,26+,27+,28-,29-,30-,31+,32-,33-,34-,35-,36-,37+,38-,39+,40+,41+,42+/m1/s1. The minimum atomic E-state index is -2.33. The summed E-state index contributed by atoms with van der Waals surface area (Å²) in [4.78, 5) is 37.3. The van der Waals surface area contributed by atoms with E-state index in [1.807, 2.05) is 0 Å². The fourth-order valence-electron chi connectivity index (χ4n) is 9.22. The lowest BCUT2D eigenvalue weighted by Gasteiger charge is -2.50. The average molecular weight is 1120 g/mol. The van der Waals surface area contributed by atoms with Gasteiger partial charge in [-0.25, -0.2) is 0 Å². The summed E-state index contributed by atoms with van der Waals surface area (Å²) in [5.74, 6) is -2.51. The third-order valence-corrected chi connectivity index (χ3v) is 13.3. The van der Waals surface area contributed by atoms with Gasteiger partial charge in [-0.05, 0) is 0 Å². The summed E-state index contributed by atoms with van der Waals surface area (Å²) in [7, 11) is 0. The predicted octanol–water partition coefficient (Wildman–Crippen LogP) is -14.0. The van der Waals surface area contributed by atoms with E-state index in [1.54, 1.807) is 0 Å². The Balaban J connectivity index is 1.50. The smallest absolute Gasteiger partial charge is 0.217 e. The van der Waals surface area contributed by atoms with E-state index < -0.39 is 242 Å². The molecule has 5 saturated heterocycles. The molecule has 0 bridgehead atoms. The van der Waals surface area contributed by atoms with Gasteiger partial charge in [0.25, 0.3) is 0 Å². The molecule has 0 radical (unpaired) electrons. The van der Waals surface area contributed by atoms with Gasteiger partial charge in [-0.2, -0.15) is 0 Å². The lowest BCUT2D eigenvalue weighted by Crippen LogP contribution is -2.70. The normalized spacial score (nSPS) is 43.8. The summed E-state index contributed by atoms with van der Waals surface area (Å²) in [5, 5.41) is 199. The number of hydrogen-bond donors (Lipinski definition) is 21. The Kier molecular flexibility index (Phi) is 24.1. The van der Waals surface area contributed by atoms with Crippen LogP contribution < -0.4 is 16.0 Å². The molecule has 442 valence electrons. The Bertz CT molecular complexity index is 1820. The average Bonchev–Trinajstić information content (AvgIpc) is 3.38. The monoisotopic (exact) mass is 1120 g/mol. The van der Waals surface area contributed by atoms with Crippen LogP contribution in [-0.2, 0) is 61.8 Å². The van der Waals surface area contributed by atoms with E-state index >= 15 is 0 Å². The van der Waals surface area contributed by atoms with Crippen molar-refractivity contribution >= 4 is 17.7 Å². The molecule has 3 amide bonds. The largest absolute Gasteiger partial charge is 0.394 e. The van der Waals surface area contributed by atoms with Crippen LogP contribution >= 0.6 is 0 Å². The van der Waals surface area contributed by atoms with Crippen LogP contribution in [0.3, 0.4) is 0 Å². The van der Waals surface area contributed by atoms with E-state index in [-0.39, 0.29) is 0 Å². The van der Waals surface area contributed by atoms with Crippen LogP contribution in [0.25, 0.3) is 0 Å². The topological polar surface area (TPSA) is 544 Å². The van der Waals surface area contributed by atoms with E-state index in [0.717, 1.165) is 20.8 Å². The highest BCUT2D eigenvalue weighted by molar-refractivity contribution is 5.74. The second kappa shape index (κ2) is 28.6. The zero-order valence-electron chi connectivity index (χ0n) is 41.0. The molecule has 0 spiro atoms. The Morgan fingerprint density at radius 2 is 0.816 bits per heavy atom. The van der Waals surface area contributed by atoms with Crippen LogP contribution in [0, 0.1) is 0 Å². The first-order chi connectivity index (χ1) is 35.9. The number of carbonyl (C=O) groups is 3. The molecule has 34 nitrogen and oxygen atoms in total. The number of rotatable bonds is 23. The van der Waals surface area contributed by atoms with Crippen LogP contribution in [0.5, 0.6) is 0 Å². The molecule has 0 aromatic carbocycles. The van der Waals surface area contributed by atoms with Gasteiger partial charge < -0.3 is 155 Å². The first-order valence-corrected chi connectivity index (χ1v) is 24.0. The summed E-state index contributed by atoms with van der Waals surface area (Å²) in [6.45, 7) is -4.01. The molecular weight excluding hydrogens is 1040 g/mol. The van der Waals surface area contributed by atoms with Crippen molar-refractivity contribution in [3.63, 3.8) is 0 Å². The van der Waals surface area contributed by atoms with Gasteiger partial charge in [0, 0.05) is 20.8 Å². The van der Waals surface area contributed by atoms with Crippen molar-refractivity contribution in [3.05, 3.63) is 0 Å². The highest BCUT2D eigenvalue weighted by Crippen LogP contribution is 2.36. The number of ether oxygens (including phenoxy) is 10. The van der Waals surface area contributed by atoms with Crippen molar-refractivity contribution in [1.29, 1.82) is 0 Å². The number of carbonyl (C=O) groups excluding carboxylic acids is 3. The minimum absolute atomic E-state index is 0.753. The highest BCUT2D eigenvalue weighted by Gasteiger charge is 2.57. The molecule has 21 N–H and O–H groups in total. The van der Waals surface area contributed by atoms with Crippen LogP contribution in [-0.4, -0.2) is 334 Å². The Labute approximate surface area is 431 Å². The first kappa shape index (κ1) is 64.1. The summed E-state index contributed by atoms with van der Waals surface area (Å²) in [6, 6.07) is -5.21. The zero-order valence-corrected chi connectivity index (χ0v) is 41.0. The SMILES string of the molecule is CC(=O)N[C@H]1[C@H](O[C@H]2[C@@H](O)[C@@H](CO[C@@H]3O[C@H](CO)[C@@H](O)[C@H](O)[C@H]3NC(C)=O)O[C@@H](O[C@H]3[C@H](O)[C@@H](NC(C)=O)[C@H](O[C@@H]([C@@H](O)[C@H](O)CO)[C@@H](O)CO)O[C@@H]3CO)[C@@H]2O)O[C@H](CO)[C@@H](O[C@@H]2O[C@H](CO)[C@H](O)[C@H](O)[C@H]2O)[C@@H]1O. The van der Waals surface area contributed by atoms with E-state index in [2.05, 4.69) is 16.0 Å². The fourth-order valence-corrected chi connectivity index (χ4v) is 9.22. The van der Waals surface area contributed by atoms with Crippen molar-refractivity contribution in [2.75, 3.05) is 46.2 Å². The molecule has 0 unspecified atom stereocenters. The van der Waals surface area contributed by atoms with Crippen molar-refractivity contribution in [1.82, 2.24) is 16.0 Å². The molecule has 5 aliphatic rings. The molecule has 5 fully saturated rings. The third-order valence-electron chi connectivity index (χ3n) is 13.3. The molecule has 5 aliphatic heterocycles. The van der Waals surface area contributed by atoms with Crippen LogP contribution in [0.2, 0.25) is 0 Å². The van der Waals surface area contributed by atoms with Gasteiger partial charge in [0.15, 0.2) is 31.5 Å². The summed E-state index contributed by atoms with van der Waals surface area (Å²) < 4.78 is 58.0. The number of aliphatic hydroxyl groups excluding tert-OH is 18.